The molecule has 0 radical (unpaired) electrons. The fraction of sp³-hybridized carbons (Fsp3) is 0.318. The molecule has 32 heavy (non-hydrogen) atoms. The number of hydrogen-bond acceptors (Lipinski definition) is 8. The lowest BCUT2D eigenvalue weighted by molar-refractivity contribution is -0.140. The highest BCUT2D eigenvalue weighted by Crippen LogP contribution is 2.35. The molecule has 1 aliphatic rings. The third-order valence-corrected chi connectivity index (χ3v) is 5.61. The van der Waals surface area contributed by atoms with Crippen molar-refractivity contribution in [2.45, 2.75) is 19.9 Å². The highest BCUT2D eigenvalue weighted by molar-refractivity contribution is 7.80. The maximum absolute atomic E-state index is 12.8. The van der Waals surface area contributed by atoms with Gasteiger partial charge in [-0.2, -0.15) is 0 Å². The van der Waals surface area contributed by atoms with Crippen LogP contribution in [-0.2, 0) is 14.3 Å². The van der Waals surface area contributed by atoms with E-state index in [1.807, 2.05) is 6.92 Å². The number of allylic oxidation sites excluding steroid dienone is 1. The number of rotatable bonds is 9. The molecule has 0 amide bonds. The van der Waals surface area contributed by atoms with Crippen LogP contribution in [0.3, 0.4) is 0 Å². The molecule has 0 aliphatic carbocycles. The molecule has 1 atom stereocenters. The second-order valence-electron chi connectivity index (χ2n) is 6.70. The minimum atomic E-state index is -0.569. The molecule has 0 fully saturated rings. The summed E-state index contributed by atoms with van der Waals surface area (Å²) in [7, 11) is 1.53. The Morgan fingerprint density at radius 2 is 1.97 bits per heavy atom. The SMILES string of the molecule is CCOc1cc(C2NC(=S)NC(C)=C2C(=O)OCCOC)ccc1OC(=O)c1cccs1. The van der Waals surface area contributed by atoms with Gasteiger partial charge in [-0.25, -0.2) is 9.59 Å². The van der Waals surface area contributed by atoms with E-state index in [4.69, 9.17) is 31.2 Å². The fourth-order valence-corrected chi connectivity index (χ4v) is 3.98. The number of thiophene rings is 1. The summed E-state index contributed by atoms with van der Waals surface area (Å²) in [5.74, 6) is -0.285. The number of ether oxygens (including phenoxy) is 4. The molecule has 2 N–H and O–H groups in total. The largest absolute Gasteiger partial charge is 0.490 e. The Balaban J connectivity index is 1.91. The molecule has 1 aliphatic heterocycles. The number of carbonyl (C=O) groups excluding carboxylic acids is 2. The van der Waals surface area contributed by atoms with E-state index in [2.05, 4.69) is 10.6 Å². The van der Waals surface area contributed by atoms with Crippen molar-refractivity contribution in [2.24, 2.45) is 0 Å². The first kappa shape index (κ1) is 23.7. The fourth-order valence-electron chi connectivity index (χ4n) is 3.11. The van der Waals surface area contributed by atoms with Crippen LogP contribution < -0.4 is 20.1 Å². The van der Waals surface area contributed by atoms with Gasteiger partial charge in [0.05, 0.1) is 24.8 Å². The molecular formula is C22H24N2O6S2. The van der Waals surface area contributed by atoms with Crippen LogP contribution in [0.1, 0.15) is 35.1 Å². The molecular weight excluding hydrogens is 452 g/mol. The lowest BCUT2D eigenvalue weighted by atomic mass is 9.95. The first-order valence-corrected chi connectivity index (χ1v) is 11.2. The van der Waals surface area contributed by atoms with E-state index in [-0.39, 0.29) is 12.4 Å². The van der Waals surface area contributed by atoms with Crippen molar-refractivity contribution in [3.8, 4) is 11.5 Å². The van der Waals surface area contributed by atoms with E-state index in [0.29, 0.717) is 45.8 Å². The van der Waals surface area contributed by atoms with Gasteiger partial charge in [-0.05, 0) is 55.2 Å². The van der Waals surface area contributed by atoms with Crippen LogP contribution in [0.5, 0.6) is 11.5 Å². The van der Waals surface area contributed by atoms with Crippen molar-refractivity contribution >= 4 is 40.6 Å². The second-order valence-corrected chi connectivity index (χ2v) is 8.06. The summed E-state index contributed by atoms with van der Waals surface area (Å²) in [6, 6.07) is 8.02. The van der Waals surface area contributed by atoms with Crippen LogP contribution >= 0.6 is 23.6 Å². The highest BCUT2D eigenvalue weighted by Gasteiger charge is 2.31. The van der Waals surface area contributed by atoms with Crippen LogP contribution in [0.25, 0.3) is 0 Å². The minimum absolute atomic E-state index is 0.130. The van der Waals surface area contributed by atoms with E-state index in [1.165, 1.54) is 18.4 Å². The molecule has 8 nitrogen and oxygen atoms in total. The Morgan fingerprint density at radius 3 is 2.66 bits per heavy atom. The number of benzene rings is 1. The van der Waals surface area contributed by atoms with Gasteiger partial charge in [-0.3, -0.25) is 0 Å². The molecule has 0 saturated heterocycles. The molecule has 0 saturated carbocycles. The average molecular weight is 477 g/mol. The Bertz CT molecular complexity index is 1020. The Kier molecular flexibility index (Phi) is 8.20. The third kappa shape index (κ3) is 5.64. The molecule has 2 aromatic rings. The molecule has 1 aromatic carbocycles. The summed E-state index contributed by atoms with van der Waals surface area (Å²) < 4.78 is 21.5. The van der Waals surface area contributed by atoms with E-state index in [0.717, 1.165) is 0 Å². The molecule has 3 rings (SSSR count). The molecule has 10 heteroatoms. The lowest BCUT2D eigenvalue weighted by Gasteiger charge is -2.30. The zero-order valence-electron chi connectivity index (χ0n) is 17.9. The zero-order chi connectivity index (χ0) is 23.1. The van der Waals surface area contributed by atoms with Gasteiger partial charge in [0.25, 0.3) is 0 Å². The number of methoxy groups -OCH3 is 1. The normalized spacial score (nSPS) is 15.6. The monoisotopic (exact) mass is 476 g/mol. The standard InChI is InChI=1S/C22H24N2O6S2/c1-4-28-16-12-14(7-8-15(16)30-20(25)17-6-5-11-32-17)19-18(13(2)23-22(31)24-19)21(26)29-10-9-27-3/h5-8,11-12,19H,4,9-10H2,1-3H3,(H2,23,24,31). The molecule has 170 valence electrons. The number of carbonyl (C=O) groups is 2. The maximum atomic E-state index is 12.8. The van der Waals surface area contributed by atoms with Gasteiger partial charge in [0, 0.05) is 12.8 Å². The zero-order valence-corrected chi connectivity index (χ0v) is 19.6. The van der Waals surface area contributed by atoms with Gasteiger partial charge in [0.15, 0.2) is 16.6 Å². The van der Waals surface area contributed by atoms with Gasteiger partial charge in [-0.1, -0.05) is 12.1 Å². The van der Waals surface area contributed by atoms with Gasteiger partial charge in [0.2, 0.25) is 0 Å². The Labute approximate surface area is 195 Å². The summed E-state index contributed by atoms with van der Waals surface area (Å²) in [4.78, 5) is 25.6. The Hall–Kier alpha value is -2.95. The quantitative estimate of drug-likeness (QED) is 0.244. The molecule has 1 unspecified atom stereocenters. The summed E-state index contributed by atoms with van der Waals surface area (Å²) in [5, 5.41) is 8.25. The Morgan fingerprint density at radius 1 is 1.16 bits per heavy atom. The van der Waals surface area contributed by atoms with Crippen molar-refractivity contribution < 1.29 is 28.5 Å². The predicted molar refractivity (Wildman–Crippen MR) is 124 cm³/mol. The van der Waals surface area contributed by atoms with Crippen LogP contribution in [-0.4, -0.2) is 44.0 Å². The number of esters is 2. The third-order valence-electron chi connectivity index (χ3n) is 4.54. The van der Waals surface area contributed by atoms with Crippen LogP contribution in [0.4, 0.5) is 0 Å². The van der Waals surface area contributed by atoms with Crippen LogP contribution in [0.2, 0.25) is 0 Å². The van der Waals surface area contributed by atoms with Gasteiger partial charge in [-0.15, -0.1) is 11.3 Å². The van der Waals surface area contributed by atoms with E-state index in [1.54, 1.807) is 42.6 Å². The van der Waals surface area contributed by atoms with Gasteiger partial charge in [0.1, 0.15) is 11.5 Å². The molecule has 1 aromatic heterocycles. The maximum Gasteiger partial charge on any atom is 0.353 e. The summed E-state index contributed by atoms with van der Waals surface area (Å²) in [6.07, 6.45) is 0. The number of hydrogen-bond donors (Lipinski definition) is 2. The van der Waals surface area contributed by atoms with E-state index in [9.17, 15) is 9.59 Å². The van der Waals surface area contributed by atoms with E-state index < -0.39 is 18.0 Å². The van der Waals surface area contributed by atoms with Crippen molar-refractivity contribution in [1.82, 2.24) is 10.6 Å². The molecule has 0 bridgehead atoms. The smallest absolute Gasteiger partial charge is 0.353 e. The molecule has 0 spiro atoms. The predicted octanol–water partition coefficient (Wildman–Crippen LogP) is 3.35. The van der Waals surface area contributed by atoms with Crippen molar-refractivity contribution in [1.29, 1.82) is 0 Å². The first-order valence-electron chi connectivity index (χ1n) is 9.91. The average Bonchev–Trinajstić information content (AvgIpc) is 3.30. The number of nitrogens with one attached hydrogen (secondary N) is 2. The van der Waals surface area contributed by atoms with E-state index >= 15 is 0 Å². The number of thiocarbonyl (C=S) groups is 1. The highest BCUT2D eigenvalue weighted by atomic mass is 32.1. The van der Waals surface area contributed by atoms with Crippen molar-refractivity contribution in [2.75, 3.05) is 26.9 Å². The van der Waals surface area contributed by atoms with Crippen LogP contribution in [0, 0.1) is 0 Å². The van der Waals surface area contributed by atoms with Gasteiger partial charge >= 0.3 is 11.9 Å². The lowest BCUT2D eigenvalue weighted by Crippen LogP contribution is -2.45. The summed E-state index contributed by atoms with van der Waals surface area (Å²) >= 11 is 6.58. The minimum Gasteiger partial charge on any atom is -0.490 e. The molecule has 2 heterocycles. The van der Waals surface area contributed by atoms with Gasteiger partial charge < -0.3 is 29.6 Å². The summed E-state index contributed by atoms with van der Waals surface area (Å²) in [5.41, 5.74) is 1.68. The summed E-state index contributed by atoms with van der Waals surface area (Å²) in [6.45, 7) is 4.38. The first-order chi connectivity index (χ1) is 15.4. The second kappa shape index (κ2) is 11.1. The van der Waals surface area contributed by atoms with Crippen LogP contribution in [0.15, 0.2) is 47.0 Å². The topological polar surface area (TPSA) is 95.1 Å². The van der Waals surface area contributed by atoms with Crippen molar-refractivity contribution in [3.63, 3.8) is 0 Å². The van der Waals surface area contributed by atoms with Crippen molar-refractivity contribution in [3.05, 3.63) is 57.4 Å².